The molecule has 0 N–H and O–H groups in total. The summed E-state index contributed by atoms with van der Waals surface area (Å²) in [6, 6.07) is 6.47. The van der Waals surface area contributed by atoms with Gasteiger partial charge >= 0.3 is 0 Å². The summed E-state index contributed by atoms with van der Waals surface area (Å²) in [7, 11) is 0. The van der Waals surface area contributed by atoms with E-state index in [-0.39, 0.29) is 5.82 Å². The Hall–Kier alpha value is -1.44. The number of halogens is 1. The van der Waals surface area contributed by atoms with Gasteiger partial charge in [0, 0.05) is 26.2 Å². The maximum absolute atomic E-state index is 13.3. The summed E-state index contributed by atoms with van der Waals surface area (Å²) < 4.78 is 18.6. The largest absolute Gasteiger partial charge is 0.380 e. The Morgan fingerprint density at radius 2 is 2.18 bits per heavy atom. The molecule has 1 aromatic rings. The fourth-order valence-electron chi connectivity index (χ4n) is 2.02. The molecule has 0 atom stereocenters. The van der Waals surface area contributed by atoms with Gasteiger partial charge in [-0.25, -0.2) is 4.39 Å². The molecule has 1 heterocycles. The lowest BCUT2D eigenvalue weighted by Crippen LogP contribution is -2.25. The van der Waals surface area contributed by atoms with Gasteiger partial charge in [0.2, 0.25) is 0 Å². The van der Waals surface area contributed by atoms with E-state index in [9.17, 15) is 4.39 Å². The summed E-state index contributed by atoms with van der Waals surface area (Å²) in [5.74, 6) is -0.342. The number of hydrogen-bond acceptors (Lipinski definition) is 3. The molecule has 1 saturated heterocycles. The summed E-state index contributed by atoms with van der Waals surface area (Å²) in [4.78, 5) is 2.23. The highest BCUT2D eigenvalue weighted by molar-refractivity contribution is 5.33. The van der Waals surface area contributed by atoms with Crippen LogP contribution in [0.1, 0.15) is 17.5 Å². The summed E-state index contributed by atoms with van der Waals surface area (Å²) in [6.45, 7) is 4.01. The molecule has 3 nitrogen and oxygen atoms in total. The van der Waals surface area contributed by atoms with E-state index in [0.29, 0.717) is 12.1 Å². The number of benzene rings is 1. The van der Waals surface area contributed by atoms with Crippen molar-refractivity contribution < 1.29 is 9.13 Å². The van der Waals surface area contributed by atoms with E-state index in [1.54, 1.807) is 6.07 Å². The van der Waals surface area contributed by atoms with E-state index in [2.05, 4.69) is 4.90 Å². The van der Waals surface area contributed by atoms with E-state index in [0.717, 1.165) is 38.3 Å². The van der Waals surface area contributed by atoms with E-state index in [4.69, 9.17) is 10.00 Å². The minimum atomic E-state index is -0.342. The van der Waals surface area contributed by atoms with Gasteiger partial charge in [0.15, 0.2) is 0 Å². The van der Waals surface area contributed by atoms with E-state index >= 15 is 0 Å². The highest BCUT2D eigenvalue weighted by Gasteiger charge is 2.10. The third kappa shape index (κ3) is 3.52. The van der Waals surface area contributed by atoms with Crippen LogP contribution in [0.5, 0.6) is 0 Å². The lowest BCUT2D eigenvalue weighted by Gasteiger charge is -2.19. The molecule has 0 spiro atoms. The van der Waals surface area contributed by atoms with Gasteiger partial charge in [-0.15, -0.1) is 0 Å². The Kier molecular flexibility index (Phi) is 4.08. The molecule has 0 aliphatic carbocycles. The Balaban J connectivity index is 2.06. The summed E-state index contributed by atoms with van der Waals surface area (Å²) >= 11 is 0. The second-order valence-electron chi connectivity index (χ2n) is 4.20. The van der Waals surface area contributed by atoms with Crippen LogP contribution in [0.15, 0.2) is 18.2 Å². The zero-order valence-electron chi connectivity index (χ0n) is 9.66. The first-order chi connectivity index (χ1) is 8.28. The quantitative estimate of drug-likeness (QED) is 0.784. The predicted octanol–water partition coefficient (Wildman–Crippen LogP) is 1.92. The van der Waals surface area contributed by atoms with Gasteiger partial charge in [-0.05, 0) is 30.2 Å². The highest BCUT2D eigenvalue weighted by Crippen LogP contribution is 2.12. The first-order valence-corrected chi connectivity index (χ1v) is 5.77. The van der Waals surface area contributed by atoms with Crippen molar-refractivity contribution in [1.82, 2.24) is 4.90 Å². The van der Waals surface area contributed by atoms with Gasteiger partial charge in [0.05, 0.1) is 18.2 Å². The van der Waals surface area contributed by atoms with Gasteiger partial charge in [0.25, 0.3) is 0 Å². The van der Waals surface area contributed by atoms with Crippen LogP contribution in [0.2, 0.25) is 0 Å². The Morgan fingerprint density at radius 3 is 3.00 bits per heavy atom. The highest BCUT2D eigenvalue weighted by atomic mass is 19.1. The molecule has 1 aliphatic heterocycles. The second-order valence-corrected chi connectivity index (χ2v) is 4.20. The standard InChI is InChI=1S/C13H15FN2O/c14-13-7-11(9-15)6-12(8-13)10-16-2-1-4-17-5-3-16/h6-8H,1-5,10H2. The third-order valence-electron chi connectivity index (χ3n) is 2.81. The first kappa shape index (κ1) is 12.0. The number of nitriles is 1. The van der Waals surface area contributed by atoms with Crippen molar-refractivity contribution in [2.45, 2.75) is 13.0 Å². The maximum Gasteiger partial charge on any atom is 0.124 e. The molecule has 0 unspecified atom stereocenters. The molecular weight excluding hydrogens is 219 g/mol. The van der Waals surface area contributed by atoms with Crippen LogP contribution in [-0.2, 0) is 11.3 Å². The zero-order chi connectivity index (χ0) is 12.1. The average Bonchev–Trinajstić information content (AvgIpc) is 2.57. The molecule has 1 aromatic carbocycles. The Morgan fingerprint density at radius 1 is 1.29 bits per heavy atom. The molecule has 0 bridgehead atoms. The van der Waals surface area contributed by atoms with Gasteiger partial charge in [-0.2, -0.15) is 5.26 Å². The van der Waals surface area contributed by atoms with Crippen molar-refractivity contribution >= 4 is 0 Å². The van der Waals surface area contributed by atoms with E-state index in [1.165, 1.54) is 12.1 Å². The fourth-order valence-corrected chi connectivity index (χ4v) is 2.02. The maximum atomic E-state index is 13.3. The summed E-state index contributed by atoms with van der Waals surface area (Å²) in [6.07, 6.45) is 1.00. The minimum absolute atomic E-state index is 0.342. The van der Waals surface area contributed by atoms with Crippen molar-refractivity contribution in [2.75, 3.05) is 26.3 Å². The first-order valence-electron chi connectivity index (χ1n) is 5.77. The van der Waals surface area contributed by atoms with Crippen molar-refractivity contribution in [2.24, 2.45) is 0 Å². The molecule has 0 radical (unpaired) electrons. The van der Waals surface area contributed by atoms with Crippen molar-refractivity contribution in [3.63, 3.8) is 0 Å². The number of hydrogen-bond donors (Lipinski definition) is 0. The third-order valence-corrected chi connectivity index (χ3v) is 2.81. The zero-order valence-corrected chi connectivity index (χ0v) is 9.66. The number of nitrogens with zero attached hydrogens (tertiary/aromatic N) is 2. The number of ether oxygens (including phenoxy) is 1. The topological polar surface area (TPSA) is 36.3 Å². The van der Waals surface area contributed by atoms with Crippen LogP contribution in [-0.4, -0.2) is 31.2 Å². The van der Waals surface area contributed by atoms with Crippen LogP contribution in [0.25, 0.3) is 0 Å². The van der Waals surface area contributed by atoms with Crippen LogP contribution < -0.4 is 0 Å². The molecule has 1 aliphatic rings. The predicted molar refractivity (Wildman–Crippen MR) is 61.8 cm³/mol. The Labute approximate surface area is 100 Å². The Bertz CT molecular complexity index is 420. The average molecular weight is 234 g/mol. The molecule has 0 saturated carbocycles. The van der Waals surface area contributed by atoms with E-state index < -0.39 is 0 Å². The second kappa shape index (κ2) is 5.76. The smallest absolute Gasteiger partial charge is 0.124 e. The van der Waals surface area contributed by atoms with Crippen molar-refractivity contribution in [3.05, 3.63) is 35.1 Å². The normalized spacial score (nSPS) is 17.4. The molecule has 90 valence electrons. The fraction of sp³-hybridized carbons (Fsp3) is 0.462. The van der Waals surface area contributed by atoms with Gasteiger partial charge in [-0.1, -0.05) is 0 Å². The molecule has 0 aromatic heterocycles. The van der Waals surface area contributed by atoms with Crippen LogP contribution in [0.3, 0.4) is 0 Å². The molecule has 0 amide bonds. The summed E-state index contributed by atoms with van der Waals surface area (Å²) in [5.41, 5.74) is 1.23. The number of rotatable bonds is 2. The lowest BCUT2D eigenvalue weighted by atomic mass is 10.1. The molecule has 17 heavy (non-hydrogen) atoms. The minimum Gasteiger partial charge on any atom is -0.380 e. The van der Waals surface area contributed by atoms with Crippen molar-refractivity contribution in [3.8, 4) is 6.07 Å². The molecule has 4 heteroatoms. The van der Waals surface area contributed by atoms with Crippen LogP contribution >= 0.6 is 0 Å². The molecule has 1 fully saturated rings. The molecule has 2 rings (SSSR count). The van der Waals surface area contributed by atoms with Gasteiger partial charge in [-0.3, -0.25) is 4.90 Å². The van der Waals surface area contributed by atoms with Crippen LogP contribution in [0, 0.1) is 17.1 Å². The monoisotopic (exact) mass is 234 g/mol. The van der Waals surface area contributed by atoms with Gasteiger partial charge < -0.3 is 4.74 Å². The summed E-state index contributed by atoms with van der Waals surface area (Å²) in [5, 5.41) is 8.79. The van der Waals surface area contributed by atoms with Crippen molar-refractivity contribution in [1.29, 1.82) is 5.26 Å². The molecular formula is C13H15FN2O. The lowest BCUT2D eigenvalue weighted by molar-refractivity contribution is 0.140. The SMILES string of the molecule is N#Cc1cc(F)cc(CN2CCCOCC2)c1. The van der Waals surface area contributed by atoms with Gasteiger partial charge in [0.1, 0.15) is 5.82 Å². The van der Waals surface area contributed by atoms with Crippen LogP contribution in [0.4, 0.5) is 4.39 Å². The van der Waals surface area contributed by atoms with E-state index in [1.807, 2.05) is 6.07 Å².